The van der Waals surface area contributed by atoms with Crippen molar-refractivity contribution in [3.8, 4) is 0 Å². The number of aliphatic carboxylic acids is 1. The molecular weight excluding hydrogens is 246 g/mol. The molecule has 1 saturated heterocycles. The van der Waals surface area contributed by atoms with Crippen LogP contribution in [0.2, 0.25) is 0 Å². The van der Waals surface area contributed by atoms with Crippen molar-refractivity contribution in [2.45, 2.75) is 44.7 Å². The minimum atomic E-state index is -1.01. The van der Waals surface area contributed by atoms with E-state index in [2.05, 4.69) is 24.1 Å². The van der Waals surface area contributed by atoms with E-state index < -0.39 is 11.5 Å². The van der Waals surface area contributed by atoms with Gasteiger partial charge in [0.2, 0.25) is 0 Å². The molecule has 0 atom stereocenters. The van der Waals surface area contributed by atoms with Gasteiger partial charge in [-0.25, -0.2) is 9.59 Å². The number of amides is 2. The van der Waals surface area contributed by atoms with Crippen LogP contribution in [0.1, 0.15) is 33.1 Å². The van der Waals surface area contributed by atoms with Crippen molar-refractivity contribution in [2.24, 2.45) is 0 Å². The standard InChI is InChI=1S/C13H23N3O3/c1-10(2)15-6-8-16(9-7-15)12(19)14-13(11(17)18)4-3-5-13/h10H,3-9H2,1-2H3,(H,14,19)(H,17,18). The molecule has 19 heavy (non-hydrogen) atoms. The SMILES string of the molecule is CC(C)N1CCN(C(=O)NC2(C(=O)O)CCC2)CC1. The van der Waals surface area contributed by atoms with Crippen molar-refractivity contribution in [2.75, 3.05) is 26.2 Å². The first-order valence-corrected chi connectivity index (χ1v) is 6.99. The fourth-order valence-electron chi connectivity index (χ4n) is 2.65. The Morgan fingerprint density at radius 2 is 1.74 bits per heavy atom. The fraction of sp³-hybridized carbons (Fsp3) is 0.846. The van der Waals surface area contributed by atoms with Crippen molar-refractivity contribution < 1.29 is 14.7 Å². The van der Waals surface area contributed by atoms with Crippen LogP contribution in [0.5, 0.6) is 0 Å². The highest BCUT2D eigenvalue weighted by Gasteiger charge is 2.46. The van der Waals surface area contributed by atoms with Gasteiger partial charge >= 0.3 is 12.0 Å². The highest BCUT2D eigenvalue weighted by molar-refractivity contribution is 5.87. The Balaban J connectivity index is 1.86. The van der Waals surface area contributed by atoms with Gasteiger partial charge in [-0.2, -0.15) is 0 Å². The summed E-state index contributed by atoms with van der Waals surface area (Å²) in [5.74, 6) is -0.909. The third kappa shape index (κ3) is 2.83. The van der Waals surface area contributed by atoms with Crippen LogP contribution in [0.3, 0.4) is 0 Å². The topological polar surface area (TPSA) is 72.9 Å². The third-order valence-electron chi connectivity index (χ3n) is 4.29. The van der Waals surface area contributed by atoms with E-state index in [1.54, 1.807) is 4.90 Å². The summed E-state index contributed by atoms with van der Waals surface area (Å²) in [6.45, 7) is 7.32. The van der Waals surface area contributed by atoms with Gasteiger partial charge in [0.15, 0.2) is 0 Å². The summed E-state index contributed by atoms with van der Waals surface area (Å²) < 4.78 is 0. The molecule has 108 valence electrons. The maximum absolute atomic E-state index is 12.1. The first-order valence-electron chi connectivity index (χ1n) is 6.99. The van der Waals surface area contributed by atoms with Crippen molar-refractivity contribution >= 4 is 12.0 Å². The second kappa shape index (κ2) is 5.36. The van der Waals surface area contributed by atoms with Crippen LogP contribution in [-0.2, 0) is 4.79 Å². The lowest BCUT2D eigenvalue weighted by Crippen LogP contribution is -2.63. The summed E-state index contributed by atoms with van der Waals surface area (Å²) in [6, 6.07) is 0.257. The number of rotatable bonds is 3. The van der Waals surface area contributed by atoms with E-state index >= 15 is 0 Å². The Kier molecular flexibility index (Phi) is 3.99. The maximum atomic E-state index is 12.1. The molecular formula is C13H23N3O3. The molecule has 0 aromatic carbocycles. The lowest BCUT2D eigenvalue weighted by molar-refractivity contribution is -0.148. The van der Waals surface area contributed by atoms with Crippen molar-refractivity contribution in [3.05, 3.63) is 0 Å². The average molecular weight is 269 g/mol. The Bertz CT molecular complexity index is 358. The van der Waals surface area contributed by atoms with Crippen LogP contribution >= 0.6 is 0 Å². The summed E-state index contributed by atoms with van der Waals surface area (Å²) in [5, 5.41) is 11.9. The van der Waals surface area contributed by atoms with Gasteiger partial charge in [0.1, 0.15) is 5.54 Å². The summed E-state index contributed by atoms with van der Waals surface area (Å²) in [4.78, 5) is 27.4. The summed E-state index contributed by atoms with van der Waals surface area (Å²) in [7, 11) is 0. The molecule has 1 saturated carbocycles. The van der Waals surface area contributed by atoms with Gasteiger partial charge < -0.3 is 15.3 Å². The van der Waals surface area contributed by atoms with E-state index in [0.29, 0.717) is 32.0 Å². The Morgan fingerprint density at radius 1 is 1.16 bits per heavy atom. The molecule has 6 nitrogen and oxygen atoms in total. The molecule has 1 aliphatic heterocycles. The Labute approximate surface area is 113 Å². The lowest BCUT2D eigenvalue weighted by Gasteiger charge is -2.42. The molecule has 2 N–H and O–H groups in total. The van der Waals surface area contributed by atoms with Crippen LogP contribution in [0.15, 0.2) is 0 Å². The highest BCUT2D eigenvalue weighted by atomic mass is 16.4. The number of nitrogens with zero attached hydrogens (tertiary/aromatic N) is 2. The predicted octanol–water partition coefficient (Wildman–Crippen LogP) is 0.729. The molecule has 0 radical (unpaired) electrons. The monoisotopic (exact) mass is 269 g/mol. The highest BCUT2D eigenvalue weighted by Crippen LogP contribution is 2.32. The second-order valence-electron chi connectivity index (χ2n) is 5.79. The quantitative estimate of drug-likeness (QED) is 0.792. The van der Waals surface area contributed by atoms with Crippen LogP contribution in [0.4, 0.5) is 4.79 Å². The van der Waals surface area contributed by atoms with Crippen molar-refractivity contribution in [1.29, 1.82) is 0 Å². The van der Waals surface area contributed by atoms with E-state index in [1.807, 2.05) is 0 Å². The predicted molar refractivity (Wildman–Crippen MR) is 71.0 cm³/mol. The molecule has 0 aromatic rings. The minimum absolute atomic E-state index is 0.231. The van der Waals surface area contributed by atoms with Gasteiger partial charge in [-0.3, -0.25) is 4.90 Å². The van der Waals surface area contributed by atoms with Crippen LogP contribution in [0.25, 0.3) is 0 Å². The molecule has 0 bridgehead atoms. The first-order chi connectivity index (χ1) is 8.94. The molecule has 6 heteroatoms. The summed E-state index contributed by atoms with van der Waals surface area (Å²) in [6.07, 6.45) is 1.95. The van der Waals surface area contributed by atoms with Gasteiger partial charge in [-0.1, -0.05) is 0 Å². The third-order valence-corrected chi connectivity index (χ3v) is 4.29. The number of carboxylic acids is 1. The van der Waals surface area contributed by atoms with E-state index in [9.17, 15) is 14.7 Å². The summed E-state index contributed by atoms with van der Waals surface area (Å²) >= 11 is 0. The van der Waals surface area contributed by atoms with Crippen molar-refractivity contribution in [3.63, 3.8) is 0 Å². The summed E-state index contributed by atoms with van der Waals surface area (Å²) in [5.41, 5.74) is -1.01. The number of urea groups is 1. The van der Waals surface area contributed by atoms with Gasteiger partial charge in [0.05, 0.1) is 0 Å². The average Bonchev–Trinajstić information content (AvgIpc) is 2.33. The maximum Gasteiger partial charge on any atom is 0.329 e. The number of nitrogens with one attached hydrogen (secondary N) is 1. The fourth-order valence-corrected chi connectivity index (χ4v) is 2.65. The molecule has 0 spiro atoms. The smallest absolute Gasteiger partial charge is 0.329 e. The molecule has 1 heterocycles. The van der Waals surface area contributed by atoms with Gasteiger partial charge in [0.25, 0.3) is 0 Å². The number of carbonyl (C=O) groups excluding carboxylic acids is 1. The largest absolute Gasteiger partial charge is 0.480 e. The Hall–Kier alpha value is -1.30. The lowest BCUT2D eigenvalue weighted by atomic mass is 9.77. The van der Waals surface area contributed by atoms with Crippen LogP contribution < -0.4 is 5.32 Å². The zero-order valence-corrected chi connectivity index (χ0v) is 11.7. The molecule has 2 amide bonds. The minimum Gasteiger partial charge on any atom is -0.480 e. The number of piperazine rings is 1. The van der Waals surface area contributed by atoms with E-state index in [-0.39, 0.29) is 6.03 Å². The van der Waals surface area contributed by atoms with Gasteiger partial charge in [-0.05, 0) is 33.1 Å². The zero-order valence-electron chi connectivity index (χ0n) is 11.7. The number of carbonyl (C=O) groups is 2. The van der Waals surface area contributed by atoms with Crippen LogP contribution in [-0.4, -0.2) is 64.7 Å². The van der Waals surface area contributed by atoms with Gasteiger partial charge in [0, 0.05) is 32.2 Å². The first kappa shape index (κ1) is 14.1. The molecule has 2 fully saturated rings. The van der Waals surface area contributed by atoms with Crippen molar-refractivity contribution in [1.82, 2.24) is 15.1 Å². The molecule has 2 rings (SSSR count). The molecule has 0 aromatic heterocycles. The molecule has 2 aliphatic rings. The van der Waals surface area contributed by atoms with E-state index in [1.165, 1.54) is 0 Å². The van der Waals surface area contributed by atoms with E-state index in [4.69, 9.17) is 0 Å². The van der Waals surface area contributed by atoms with E-state index in [0.717, 1.165) is 19.5 Å². The number of carboxylic acid groups (broad SMARTS) is 1. The zero-order chi connectivity index (χ0) is 14.0. The molecule has 1 aliphatic carbocycles. The normalized spacial score (nSPS) is 23.0. The second-order valence-corrected chi connectivity index (χ2v) is 5.79. The van der Waals surface area contributed by atoms with Gasteiger partial charge in [-0.15, -0.1) is 0 Å². The Morgan fingerprint density at radius 3 is 2.11 bits per heavy atom. The van der Waals surface area contributed by atoms with Crippen LogP contribution in [0, 0.1) is 0 Å². The number of hydrogen-bond acceptors (Lipinski definition) is 3. The molecule has 0 unspecified atom stereocenters. The number of hydrogen-bond donors (Lipinski definition) is 2.